The number of fused-ring (bicyclic) bond motifs is 1. The van der Waals surface area contributed by atoms with Gasteiger partial charge in [0, 0.05) is 6.04 Å². The predicted octanol–water partition coefficient (Wildman–Crippen LogP) is 8.46. The lowest BCUT2D eigenvalue weighted by Gasteiger charge is -2.19. The van der Waals surface area contributed by atoms with Gasteiger partial charge in [0.2, 0.25) is 0 Å². The van der Waals surface area contributed by atoms with Gasteiger partial charge in [0.15, 0.2) is 0 Å². The minimum absolute atomic E-state index is 0.130. The summed E-state index contributed by atoms with van der Waals surface area (Å²) in [5.41, 5.74) is 0.663. The molecule has 0 fully saturated rings. The normalized spacial score (nSPS) is 15.2. The van der Waals surface area contributed by atoms with E-state index in [0.29, 0.717) is 37.2 Å². The van der Waals surface area contributed by atoms with Crippen LogP contribution in [0.3, 0.4) is 0 Å². The summed E-state index contributed by atoms with van der Waals surface area (Å²) in [5, 5.41) is 3.22. The molecule has 3 atom stereocenters. The minimum Gasteiger partial charge on any atom is -0.492 e. The fourth-order valence-electron chi connectivity index (χ4n) is 4.26. The van der Waals surface area contributed by atoms with Crippen molar-refractivity contribution in [1.29, 1.82) is 0 Å². The summed E-state index contributed by atoms with van der Waals surface area (Å²) in [6.07, 6.45) is 9.46. The lowest BCUT2D eigenvalue weighted by molar-refractivity contribution is -0.138. The Kier molecular flexibility index (Phi) is 14.9. The number of rotatable bonds is 18. The monoisotopic (exact) mass is 551 g/mol. The van der Waals surface area contributed by atoms with Gasteiger partial charge in [-0.05, 0) is 57.7 Å². The van der Waals surface area contributed by atoms with E-state index in [1.54, 1.807) is 23.5 Å². The first-order valence-electron chi connectivity index (χ1n) is 14.3. The average molecular weight is 552 g/mol. The Bertz CT molecular complexity index is 822. The summed E-state index contributed by atoms with van der Waals surface area (Å²) in [5.74, 6) is 2.58. The molecule has 7 heteroatoms. The Balaban J connectivity index is 2.39. The van der Waals surface area contributed by atoms with Crippen molar-refractivity contribution in [2.75, 3.05) is 26.9 Å². The molecule has 210 valence electrons. The van der Waals surface area contributed by atoms with Gasteiger partial charge < -0.3 is 19.5 Å². The molecular weight excluding hydrogens is 502 g/mol. The smallest absolute Gasteiger partial charge is 0.337 e. The van der Waals surface area contributed by atoms with Crippen LogP contribution in [0.1, 0.15) is 92.9 Å². The Labute approximate surface area is 234 Å². The van der Waals surface area contributed by atoms with Crippen LogP contribution in [0.5, 0.6) is 11.5 Å². The van der Waals surface area contributed by atoms with Crippen molar-refractivity contribution in [3.63, 3.8) is 0 Å². The van der Waals surface area contributed by atoms with Crippen molar-refractivity contribution < 1.29 is 19.0 Å². The summed E-state index contributed by atoms with van der Waals surface area (Å²) in [7, 11) is 1.87. The summed E-state index contributed by atoms with van der Waals surface area (Å²) in [4.78, 5) is 15.1. The van der Waals surface area contributed by atoms with Gasteiger partial charge in [-0.2, -0.15) is 0 Å². The maximum atomic E-state index is 13.0. The number of thioether (sulfide) groups is 2. The highest BCUT2D eigenvalue weighted by Crippen LogP contribution is 2.59. The standard InChI is InChI=1S/C30H49NO4S2/c1-8-13-15-22(10-3)19-34-24-17-18-25(35-20-23(11-4)16-14-9-2)28-27(24)36-30(37-28)26(21(6)31-7)29(32)33-12-5/h17-18,21-23,31H,8-16,19-20H2,1-7H3. The molecule has 2 rings (SSSR count). The van der Waals surface area contributed by atoms with Crippen molar-refractivity contribution in [3.05, 3.63) is 21.9 Å². The number of esters is 1. The van der Waals surface area contributed by atoms with E-state index < -0.39 is 0 Å². The molecular formula is C30H49NO4S2. The molecule has 0 saturated carbocycles. The van der Waals surface area contributed by atoms with E-state index in [1.165, 1.54) is 38.5 Å². The van der Waals surface area contributed by atoms with Crippen molar-refractivity contribution in [2.45, 2.75) is 109 Å². The molecule has 1 heterocycles. The van der Waals surface area contributed by atoms with Crippen molar-refractivity contribution in [3.8, 4) is 11.5 Å². The first-order chi connectivity index (χ1) is 17.9. The molecule has 1 N–H and O–H groups in total. The van der Waals surface area contributed by atoms with E-state index in [9.17, 15) is 4.79 Å². The zero-order valence-corrected chi connectivity index (χ0v) is 25.7. The molecule has 0 aliphatic carbocycles. The highest BCUT2D eigenvalue weighted by atomic mass is 32.2. The molecule has 1 aliphatic heterocycles. The molecule has 0 saturated heterocycles. The van der Waals surface area contributed by atoms with E-state index in [0.717, 1.165) is 38.4 Å². The lowest BCUT2D eigenvalue weighted by Crippen LogP contribution is -2.29. The number of carbonyl (C=O) groups is 1. The molecule has 1 aromatic carbocycles. The second-order valence-electron chi connectivity index (χ2n) is 9.81. The molecule has 1 aromatic rings. The van der Waals surface area contributed by atoms with Crippen molar-refractivity contribution in [2.24, 2.45) is 11.8 Å². The molecule has 0 radical (unpaired) electrons. The van der Waals surface area contributed by atoms with Gasteiger partial charge in [-0.3, -0.25) is 0 Å². The summed E-state index contributed by atoms with van der Waals surface area (Å²) >= 11 is 3.22. The maximum absolute atomic E-state index is 13.0. The molecule has 1 aliphatic rings. The van der Waals surface area contributed by atoms with E-state index in [-0.39, 0.29) is 12.0 Å². The van der Waals surface area contributed by atoms with Crippen molar-refractivity contribution in [1.82, 2.24) is 5.32 Å². The minimum atomic E-state index is -0.270. The third-order valence-corrected chi connectivity index (χ3v) is 9.71. The molecule has 0 amide bonds. The first kappa shape index (κ1) is 31.9. The third-order valence-electron chi connectivity index (χ3n) is 7.05. The highest BCUT2D eigenvalue weighted by Gasteiger charge is 2.33. The van der Waals surface area contributed by atoms with E-state index in [4.69, 9.17) is 14.2 Å². The van der Waals surface area contributed by atoms with Crippen LogP contribution in [0, 0.1) is 11.8 Å². The van der Waals surface area contributed by atoms with Crippen LogP contribution in [-0.2, 0) is 9.53 Å². The number of benzene rings is 1. The summed E-state index contributed by atoms with van der Waals surface area (Å²) in [6, 6.07) is 3.97. The molecule has 0 aromatic heterocycles. The second-order valence-corrected chi connectivity index (χ2v) is 12.1. The molecule has 5 nitrogen and oxygen atoms in total. The summed E-state index contributed by atoms with van der Waals surface area (Å²) < 4.78 is 19.2. The van der Waals surface area contributed by atoms with Gasteiger partial charge in [-0.1, -0.05) is 89.7 Å². The number of hydrogen-bond acceptors (Lipinski definition) is 7. The number of hydrogen-bond donors (Lipinski definition) is 1. The average Bonchev–Trinajstić information content (AvgIpc) is 3.34. The van der Waals surface area contributed by atoms with Gasteiger partial charge in [-0.15, -0.1) is 0 Å². The van der Waals surface area contributed by atoms with Gasteiger partial charge in [-0.25, -0.2) is 4.79 Å². The highest BCUT2D eigenvalue weighted by molar-refractivity contribution is 8.24. The van der Waals surface area contributed by atoms with Crippen LogP contribution in [0.15, 0.2) is 31.7 Å². The largest absolute Gasteiger partial charge is 0.492 e. The maximum Gasteiger partial charge on any atom is 0.337 e. The van der Waals surface area contributed by atoms with Crippen LogP contribution in [-0.4, -0.2) is 38.9 Å². The fraction of sp³-hybridized carbons (Fsp3) is 0.700. The van der Waals surface area contributed by atoms with Crippen LogP contribution in [0.25, 0.3) is 0 Å². The number of carbonyl (C=O) groups excluding carboxylic acids is 1. The molecule has 0 spiro atoms. The number of ether oxygens (including phenoxy) is 3. The van der Waals surface area contributed by atoms with E-state index >= 15 is 0 Å². The number of likely N-dealkylation sites (N-methyl/N-ethyl adjacent to an activating group) is 1. The Morgan fingerprint density at radius 1 is 0.865 bits per heavy atom. The van der Waals surface area contributed by atoms with Crippen LogP contribution >= 0.6 is 23.5 Å². The van der Waals surface area contributed by atoms with Crippen LogP contribution in [0.2, 0.25) is 0 Å². The van der Waals surface area contributed by atoms with Gasteiger partial charge in [0.1, 0.15) is 11.5 Å². The third kappa shape index (κ3) is 9.43. The van der Waals surface area contributed by atoms with Gasteiger partial charge in [0.25, 0.3) is 0 Å². The molecule has 0 bridgehead atoms. The quantitative estimate of drug-likeness (QED) is 0.145. The second kappa shape index (κ2) is 17.3. The topological polar surface area (TPSA) is 56.8 Å². The Morgan fingerprint density at radius 2 is 1.35 bits per heavy atom. The van der Waals surface area contributed by atoms with Crippen molar-refractivity contribution >= 4 is 29.5 Å². The van der Waals surface area contributed by atoms with Gasteiger partial charge >= 0.3 is 5.97 Å². The predicted molar refractivity (Wildman–Crippen MR) is 158 cm³/mol. The van der Waals surface area contributed by atoms with Gasteiger partial charge in [0.05, 0.1) is 39.4 Å². The van der Waals surface area contributed by atoms with E-state index in [1.807, 2.05) is 20.9 Å². The van der Waals surface area contributed by atoms with Crippen LogP contribution in [0.4, 0.5) is 0 Å². The molecule has 37 heavy (non-hydrogen) atoms. The van der Waals surface area contributed by atoms with Crippen LogP contribution < -0.4 is 14.8 Å². The summed E-state index contributed by atoms with van der Waals surface area (Å²) in [6.45, 7) is 14.6. The molecule has 3 unspecified atom stereocenters. The number of nitrogens with one attached hydrogen (secondary N) is 1. The first-order valence-corrected chi connectivity index (χ1v) is 15.9. The Hall–Kier alpha value is -1.31. The van der Waals surface area contributed by atoms with E-state index in [2.05, 4.69) is 45.1 Å². The zero-order chi connectivity index (χ0) is 27.2. The zero-order valence-electron chi connectivity index (χ0n) is 24.1. The lowest BCUT2D eigenvalue weighted by atomic mass is 10.0. The Morgan fingerprint density at radius 3 is 1.73 bits per heavy atom. The SMILES string of the molecule is CCCCC(CC)COc1ccc(OCC(CC)CCCC)c2c1SC(=C(C(=O)OCC)C(C)NC)S2. The fourth-order valence-corrected chi connectivity index (χ4v) is 7.13. The number of unbranched alkanes of at least 4 members (excludes halogenated alkanes) is 2.